The molecule has 28 heavy (non-hydrogen) atoms. The highest BCUT2D eigenvalue weighted by atomic mass is 35.5. The molecule has 150 valence electrons. The molecule has 2 aliphatic rings. The van der Waals surface area contributed by atoms with Crippen molar-refractivity contribution in [1.82, 2.24) is 9.97 Å². The fourth-order valence-electron chi connectivity index (χ4n) is 5.17. The molecule has 7 heteroatoms. The summed E-state index contributed by atoms with van der Waals surface area (Å²) in [6, 6.07) is 7.84. The predicted octanol–water partition coefficient (Wildman–Crippen LogP) is 6.22. The molecule has 2 atom stereocenters. The average molecular weight is 410 g/mol. The Bertz CT molecular complexity index is 895. The van der Waals surface area contributed by atoms with Crippen molar-refractivity contribution < 1.29 is 13.2 Å². The summed E-state index contributed by atoms with van der Waals surface area (Å²) < 4.78 is 40.7. The first kappa shape index (κ1) is 19.5. The van der Waals surface area contributed by atoms with Crippen LogP contribution in [0.3, 0.4) is 0 Å². The van der Waals surface area contributed by atoms with Gasteiger partial charge in [-0.25, -0.2) is 9.97 Å². The van der Waals surface area contributed by atoms with Gasteiger partial charge in [0.15, 0.2) is 5.69 Å². The fraction of sp³-hybridized carbons (Fsp3) is 0.524. The minimum atomic E-state index is -4.53. The lowest BCUT2D eigenvalue weighted by molar-refractivity contribution is -0.141. The van der Waals surface area contributed by atoms with Gasteiger partial charge in [-0.2, -0.15) is 13.2 Å². The van der Waals surface area contributed by atoms with E-state index in [0.29, 0.717) is 17.1 Å². The second kappa shape index (κ2) is 6.34. The van der Waals surface area contributed by atoms with E-state index in [0.717, 1.165) is 25.3 Å². The molecule has 0 radical (unpaired) electrons. The molecule has 2 bridgehead atoms. The number of halogens is 4. The third-order valence-corrected chi connectivity index (χ3v) is 6.07. The molecule has 1 saturated carbocycles. The Morgan fingerprint density at radius 3 is 2.39 bits per heavy atom. The SMILES string of the molecule is CC1(C)C[C@H]2C[C@](C)(CN2c2nc(-c3ccc(Cl)cc3)cc(C(F)(F)F)n2)C1. The summed E-state index contributed by atoms with van der Waals surface area (Å²) in [7, 11) is 0. The van der Waals surface area contributed by atoms with Crippen LogP contribution in [0.25, 0.3) is 11.3 Å². The summed E-state index contributed by atoms with van der Waals surface area (Å²) in [5.41, 5.74) is 0.178. The van der Waals surface area contributed by atoms with Gasteiger partial charge in [-0.05, 0) is 48.3 Å². The number of nitrogens with zero attached hydrogens (tertiary/aromatic N) is 3. The number of fused-ring (bicyclic) bond motifs is 2. The van der Waals surface area contributed by atoms with E-state index in [2.05, 4.69) is 30.7 Å². The zero-order chi connectivity index (χ0) is 20.3. The molecule has 1 saturated heterocycles. The molecule has 2 fully saturated rings. The lowest BCUT2D eigenvalue weighted by Gasteiger charge is -2.39. The Morgan fingerprint density at radius 2 is 1.75 bits per heavy atom. The molecule has 1 aliphatic carbocycles. The first-order valence-corrected chi connectivity index (χ1v) is 9.81. The lowest BCUT2D eigenvalue weighted by Crippen LogP contribution is -2.35. The van der Waals surface area contributed by atoms with Crippen molar-refractivity contribution in [1.29, 1.82) is 0 Å². The number of aromatic nitrogens is 2. The third kappa shape index (κ3) is 3.71. The van der Waals surface area contributed by atoms with Gasteiger partial charge in [0, 0.05) is 23.2 Å². The molecule has 2 aromatic rings. The molecular formula is C21H23ClF3N3. The second-order valence-electron chi connectivity index (χ2n) is 9.28. The van der Waals surface area contributed by atoms with Gasteiger partial charge in [0.05, 0.1) is 5.69 Å². The first-order chi connectivity index (χ1) is 12.9. The zero-order valence-corrected chi connectivity index (χ0v) is 16.9. The quantitative estimate of drug-likeness (QED) is 0.589. The Labute approximate surface area is 167 Å². The predicted molar refractivity (Wildman–Crippen MR) is 104 cm³/mol. The minimum absolute atomic E-state index is 0.0739. The molecule has 1 aliphatic heterocycles. The number of hydrogen-bond donors (Lipinski definition) is 0. The molecule has 3 nitrogen and oxygen atoms in total. The molecule has 0 amide bonds. The van der Waals surface area contributed by atoms with Crippen LogP contribution in [0.1, 0.15) is 45.7 Å². The van der Waals surface area contributed by atoms with Crippen molar-refractivity contribution in [2.75, 3.05) is 11.4 Å². The second-order valence-corrected chi connectivity index (χ2v) is 9.72. The van der Waals surface area contributed by atoms with Crippen molar-refractivity contribution in [3.8, 4) is 11.3 Å². The van der Waals surface area contributed by atoms with E-state index in [1.807, 2.05) is 4.90 Å². The van der Waals surface area contributed by atoms with Crippen LogP contribution in [0.2, 0.25) is 5.02 Å². The zero-order valence-electron chi connectivity index (χ0n) is 16.1. The van der Waals surface area contributed by atoms with Crippen molar-refractivity contribution >= 4 is 17.5 Å². The van der Waals surface area contributed by atoms with Gasteiger partial charge in [-0.3, -0.25) is 0 Å². The summed E-state index contributed by atoms with van der Waals surface area (Å²) in [5, 5.41) is 0.526. The number of benzene rings is 1. The summed E-state index contributed by atoms with van der Waals surface area (Å²) in [5.74, 6) is 0.172. The van der Waals surface area contributed by atoms with Gasteiger partial charge in [-0.1, -0.05) is 44.5 Å². The largest absolute Gasteiger partial charge is 0.433 e. The number of alkyl halides is 3. The van der Waals surface area contributed by atoms with Crippen LogP contribution in [0.15, 0.2) is 30.3 Å². The minimum Gasteiger partial charge on any atom is -0.337 e. The maximum atomic E-state index is 13.6. The standard InChI is InChI=1S/C21H23ClF3N3/c1-19(2)9-15-10-20(3,11-19)12-28(15)18-26-16(8-17(27-18)21(23,24)25)13-4-6-14(22)7-5-13/h4-8,15H,9-12H2,1-3H3/t15-,20-/m0/s1. The maximum Gasteiger partial charge on any atom is 0.433 e. The molecule has 2 heterocycles. The molecule has 0 unspecified atom stereocenters. The summed E-state index contributed by atoms with van der Waals surface area (Å²) >= 11 is 5.92. The fourth-order valence-corrected chi connectivity index (χ4v) is 5.30. The van der Waals surface area contributed by atoms with Crippen molar-refractivity contribution in [3.63, 3.8) is 0 Å². The smallest absolute Gasteiger partial charge is 0.337 e. The van der Waals surface area contributed by atoms with Gasteiger partial charge in [0.1, 0.15) is 0 Å². The lowest BCUT2D eigenvalue weighted by atomic mass is 9.65. The Morgan fingerprint density at radius 1 is 1.07 bits per heavy atom. The molecule has 4 rings (SSSR count). The summed E-state index contributed by atoms with van der Waals surface area (Å²) in [4.78, 5) is 10.5. The maximum absolute atomic E-state index is 13.6. The van der Waals surface area contributed by atoms with E-state index >= 15 is 0 Å². The van der Waals surface area contributed by atoms with Gasteiger partial charge in [-0.15, -0.1) is 0 Å². The highest BCUT2D eigenvalue weighted by molar-refractivity contribution is 6.30. The van der Waals surface area contributed by atoms with Crippen LogP contribution < -0.4 is 4.90 Å². The van der Waals surface area contributed by atoms with Crippen LogP contribution in [-0.2, 0) is 6.18 Å². The van der Waals surface area contributed by atoms with Crippen LogP contribution >= 0.6 is 11.6 Å². The molecular weight excluding hydrogens is 387 g/mol. The van der Waals surface area contributed by atoms with E-state index in [9.17, 15) is 13.2 Å². The normalized spacial score (nSPS) is 26.5. The monoisotopic (exact) mass is 409 g/mol. The van der Waals surface area contributed by atoms with E-state index < -0.39 is 11.9 Å². The van der Waals surface area contributed by atoms with Crippen molar-refractivity contribution in [3.05, 3.63) is 41.0 Å². The van der Waals surface area contributed by atoms with Gasteiger partial charge in [0.2, 0.25) is 5.95 Å². The van der Waals surface area contributed by atoms with Crippen LogP contribution in [-0.4, -0.2) is 22.6 Å². The van der Waals surface area contributed by atoms with E-state index in [4.69, 9.17) is 11.6 Å². The van der Waals surface area contributed by atoms with Crippen molar-refractivity contribution in [2.24, 2.45) is 10.8 Å². The molecule has 1 aromatic carbocycles. The van der Waals surface area contributed by atoms with Crippen LogP contribution in [0.4, 0.5) is 19.1 Å². The Hall–Kier alpha value is -1.82. The Balaban J connectivity index is 1.79. The molecule has 0 N–H and O–H groups in total. The first-order valence-electron chi connectivity index (χ1n) is 9.43. The van der Waals surface area contributed by atoms with Crippen molar-refractivity contribution in [2.45, 2.75) is 52.3 Å². The highest BCUT2D eigenvalue weighted by Gasteiger charge is 2.50. The summed E-state index contributed by atoms with van der Waals surface area (Å²) in [6.45, 7) is 7.36. The highest BCUT2D eigenvalue weighted by Crippen LogP contribution is 2.53. The van der Waals surface area contributed by atoms with Crippen LogP contribution in [0, 0.1) is 10.8 Å². The number of hydrogen-bond acceptors (Lipinski definition) is 3. The van der Waals surface area contributed by atoms with Crippen LogP contribution in [0.5, 0.6) is 0 Å². The van der Waals surface area contributed by atoms with E-state index in [1.54, 1.807) is 24.3 Å². The summed E-state index contributed by atoms with van der Waals surface area (Å²) in [6.07, 6.45) is -1.59. The van der Waals surface area contributed by atoms with E-state index in [-0.39, 0.29) is 28.5 Å². The molecule has 0 spiro atoms. The van der Waals surface area contributed by atoms with Gasteiger partial charge < -0.3 is 4.90 Å². The average Bonchev–Trinajstić information content (AvgIpc) is 2.83. The van der Waals surface area contributed by atoms with E-state index in [1.165, 1.54) is 0 Å². The number of anilines is 1. The van der Waals surface area contributed by atoms with Gasteiger partial charge in [0.25, 0.3) is 0 Å². The molecule has 1 aromatic heterocycles. The topological polar surface area (TPSA) is 29.0 Å². The Kier molecular flexibility index (Phi) is 4.42. The third-order valence-electron chi connectivity index (χ3n) is 5.82. The number of rotatable bonds is 2. The van der Waals surface area contributed by atoms with Gasteiger partial charge >= 0.3 is 6.18 Å².